The number of aryl methyl sites for hydroxylation is 3. The Morgan fingerprint density at radius 2 is 2.24 bits per heavy atom. The predicted molar refractivity (Wildman–Crippen MR) is 80.7 cm³/mol. The van der Waals surface area contributed by atoms with Crippen LogP contribution in [0.15, 0.2) is 30.7 Å². The fourth-order valence-electron chi connectivity index (χ4n) is 2.27. The number of rotatable bonds is 8. The molecule has 1 aromatic carbocycles. The number of imidazole rings is 1. The maximum Gasteiger partial charge on any atom is 0.123 e. The molecule has 0 radical (unpaired) electrons. The van der Waals surface area contributed by atoms with E-state index in [1.54, 1.807) is 13.2 Å². The van der Waals surface area contributed by atoms with E-state index >= 15 is 0 Å². The van der Waals surface area contributed by atoms with E-state index in [0.29, 0.717) is 6.61 Å². The van der Waals surface area contributed by atoms with Gasteiger partial charge in [0.2, 0.25) is 0 Å². The molecule has 1 N–H and O–H groups in total. The molecule has 0 amide bonds. The minimum atomic E-state index is -0.179. The number of nitrogens with zero attached hydrogens (tertiary/aromatic N) is 2. The Morgan fingerprint density at radius 3 is 3.00 bits per heavy atom. The summed E-state index contributed by atoms with van der Waals surface area (Å²) in [6, 6.07) is 4.96. The van der Waals surface area contributed by atoms with Gasteiger partial charge in [0, 0.05) is 32.9 Å². The van der Waals surface area contributed by atoms with Crippen LogP contribution in [0.25, 0.3) is 0 Å². The van der Waals surface area contributed by atoms with Gasteiger partial charge in [-0.25, -0.2) is 9.37 Å². The van der Waals surface area contributed by atoms with Crippen molar-refractivity contribution in [1.82, 2.24) is 14.9 Å². The molecule has 21 heavy (non-hydrogen) atoms. The smallest absolute Gasteiger partial charge is 0.123 e. The Kier molecular flexibility index (Phi) is 5.90. The molecule has 0 saturated heterocycles. The predicted octanol–water partition coefficient (Wildman–Crippen LogP) is 2.31. The second-order valence-corrected chi connectivity index (χ2v) is 5.07. The number of halogens is 1. The third-order valence-corrected chi connectivity index (χ3v) is 3.51. The molecule has 1 aromatic heterocycles. The highest BCUT2D eigenvalue weighted by molar-refractivity contribution is 5.26. The van der Waals surface area contributed by atoms with Gasteiger partial charge in [-0.15, -0.1) is 0 Å². The van der Waals surface area contributed by atoms with Crippen LogP contribution in [0.5, 0.6) is 0 Å². The molecular weight excluding hydrogens is 269 g/mol. The Hall–Kier alpha value is -1.72. The summed E-state index contributed by atoms with van der Waals surface area (Å²) in [6.45, 7) is 5.07. The second-order valence-electron chi connectivity index (χ2n) is 5.07. The van der Waals surface area contributed by atoms with Crippen molar-refractivity contribution in [3.05, 3.63) is 53.4 Å². The van der Waals surface area contributed by atoms with Crippen LogP contribution in [-0.2, 0) is 24.2 Å². The summed E-state index contributed by atoms with van der Waals surface area (Å²) in [5.41, 5.74) is 3.31. The van der Waals surface area contributed by atoms with Crippen LogP contribution in [0.4, 0.5) is 4.39 Å². The van der Waals surface area contributed by atoms with E-state index in [9.17, 15) is 4.39 Å². The average molecular weight is 291 g/mol. The summed E-state index contributed by atoms with van der Waals surface area (Å²) in [5.74, 6) is -0.179. The molecule has 0 bridgehead atoms. The molecular formula is C16H22FN3O. The van der Waals surface area contributed by atoms with E-state index < -0.39 is 0 Å². The molecule has 5 heteroatoms. The maximum atomic E-state index is 13.1. The number of benzene rings is 1. The Balaban J connectivity index is 1.90. The monoisotopic (exact) mass is 291 g/mol. The SMILES string of the molecule is COCCNCc1cncn1CCc1ccc(F)cc1C. The van der Waals surface area contributed by atoms with Crippen molar-refractivity contribution in [1.29, 1.82) is 0 Å². The summed E-state index contributed by atoms with van der Waals surface area (Å²) in [5, 5.41) is 3.31. The highest BCUT2D eigenvalue weighted by Gasteiger charge is 2.04. The van der Waals surface area contributed by atoms with Crippen LogP contribution in [-0.4, -0.2) is 29.8 Å². The van der Waals surface area contributed by atoms with Crippen molar-refractivity contribution in [2.45, 2.75) is 26.4 Å². The summed E-state index contributed by atoms with van der Waals surface area (Å²) in [7, 11) is 1.69. The molecule has 0 spiro atoms. The van der Waals surface area contributed by atoms with Crippen LogP contribution in [0.1, 0.15) is 16.8 Å². The maximum absolute atomic E-state index is 13.1. The number of hydrogen-bond donors (Lipinski definition) is 1. The molecule has 0 atom stereocenters. The molecule has 1 heterocycles. The normalized spacial score (nSPS) is 11.0. The van der Waals surface area contributed by atoms with E-state index in [-0.39, 0.29) is 5.82 Å². The molecule has 2 rings (SSSR count). The summed E-state index contributed by atoms with van der Waals surface area (Å²) in [4.78, 5) is 4.20. The third-order valence-electron chi connectivity index (χ3n) is 3.51. The zero-order valence-corrected chi connectivity index (χ0v) is 12.6. The lowest BCUT2D eigenvalue weighted by Crippen LogP contribution is -2.20. The van der Waals surface area contributed by atoms with E-state index in [1.807, 2.05) is 25.5 Å². The lowest BCUT2D eigenvalue weighted by atomic mass is 10.1. The van der Waals surface area contributed by atoms with Gasteiger partial charge < -0.3 is 14.6 Å². The van der Waals surface area contributed by atoms with E-state index in [0.717, 1.165) is 37.3 Å². The molecule has 0 aliphatic rings. The van der Waals surface area contributed by atoms with Crippen LogP contribution < -0.4 is 5.32 Å². The van der Waals surface area contributed by atoms with Crippen molar-refractivity contribution in [3.8, 4) is 0 Å². The standard InChI is InChI=1S/C16H22FN3O/c1-13-9-15(17)4-3-14(13)5-7-20-12-19-11-16(20)10-18-6-8-21-2/h3-4,9,11-12,18H,5-8,10H2,1-2H3. The van der Waals surface area contributed by atoms with Crippen molar-refractivity contribution in [3.63, 3.8) is 0 Å². The molecule has 4 nitrogen and oxygen atoms in total. The second kappa shape index (κ2) is 7.90. The van der Waals surface area contributed by atoms with Gasteiger partial charge in [0.1, 0.15) is 5.82 Å². The van der Waals surface area contributed by atoms with Gasteiger partial charge >= 0.3 is 0 Å². The molecule has 0 fully saturated rings. The first kappa shape index (κ1) is 15.7. The first-order chi connectivity index (χ1) is 10.2. The van der Waals surface area contributed by atoms with Gasteiger partial charge in [-0.2, -0.15) is 0 Å². The van der Waals surface area contributed by atoms with Gasteiger partial charge in [0.15, 0.2) is 0 Å². The largest absolute Gasteiger partial charge is 0.383 e. The zero-order chi connectivity index (χ0) is 15.1. The zero-order valence-electron chi connectivity index (χ0n) is 12.6. The van der Waals surface area contributed by atoms with Gasteiger partial charge in [-0.05, 0) is 36.6 Å². The van der Waals surface area contributed by atoms with Crippen molar-refractivity contribution in [2.24, 2.45) is 0 Å². The highest BCUT2D eigenvalue weighted by atomic mass is 19.1. The van der Waals surface area contributed by atoms with E-state index in [2.05, 4.69) is 14.9 Å². The number of nitrogens with one attached hydrogen (secondary N) is 1. The highest BCUT2D eigenvalue weighted by Crippen LogP contribution is 2.12. The molecule has 0 saturated carbocycles. The first-order valence-electron chi connectivity index (χ1n) is 7.14. The fraction of sp³-hybridized carbons (Fsp3) is 0.438. The van der Waals surface area contributed by atoms with Gasteiger partial charge in [0.05, 0.1) is 18.6 Å². The third kappa shape index (κ3) is 4.65. The molecule has 114 valence electrons. The number of aromatic nitrogens is 2. The molecule has 0 aliphatic heterocycles. The Labute approximate surface area is 125 Å². The van der Waals surface area contributed by atoms with Gasteiger partial charge in [0.25, 0.3) is 0 Å². The van der Waals surface area contributed by atoms with Crippen molar-refractivity contribution >= 4 is 0 Å². The van der Waals surface area contributed by atoms with E-state index in [1.165, 1.54) is 11.6 Å². The lowest BCUT2D eigenvalue weighted by Gasteiger charge is -2.10. The molecule has 0 aliphatic carbocycles. The topological polar surface area (TPSA) is 39.1 Å². The van der Waals surface area contributed by atoms with Gasteiger partial charge in [-0.1, -0.05) is 6.07 Å². The van der Waals surface area contributed by atoms with Gasteiger partial charge in [-0.3, -0.25) is 0 Å². The van der Waals surface area contributed by atoms with Crippen molar-refractivity contribution < 1.29 is 9.13 Å². The van der Waals surface area contributed by atoms with Crippen molar-refractivity contribution in [2.75, 3.05) is 20.3 Å². The van der Waals surface area contributed by atoms with Crippen LogP contribution in [0, 0.1) is 12.7 Å². The quantitative estimate of drug-likeness (QED) is 0.759. The average Bonchev–Trinajstić information content (AvgIpc) is 2.90. The summed E-state index contributed by atoms with van der Waals surface area (Å²) >= 11 is 0. The van der Waals surface area contributed by atoms with Crippen LogP contribution in [0.2, 0.25) is 0 Å². The number of ether oxygens (including phenoxy) is 1. The minimum absolute atomic E-state index is 0.179. The van der Waals surface area contributed by atoms with Crippen LogP contribution >= 0.6 is 0 Å². The summed E-state index contributed by atoms with van der Waals surface area (Å²) < 4.78 is 20.2. The molecule has 2 aromatic rings. The number of methoxy groups -OCH3 is 1. The molecule has 0 unspecified atom stereocenters. The minimum Gasteiger partial charge on any atom is -0.383 e. The first-order valence-corrected chi connectivity index (χ1v) is 7.14. The van der Waals surface area contributed by atoms with Crippen LogP contribution in [0.3, 0.4) is 0 Å². The lowest BCUT2D eigenvalue weighted by molar-refractivity contribution is 0.199. The Morgan fingerprint density at radius 1 is 1.38 bits per heavy atom. The van der Waals surface area contributed by atoms with E-state index in [4.69, 9.17) is 4.74 Å². The Bertz CT molecular complexity index is 568. The summed E-state index contributed by atoms with van der Waals surface area (Å²) in [6.07, 6.45) is 4.58. The number of hydrogen-bond acceptors (Lipinski definition) is 3. The fourth-order valence-corrected chi connectivity index (χ4v) is 2.27.